The molecule has 1 aliphatic rings. The predicted molar refractivity (Wildman–Crippen MR) is 70.2 cm³/mol. The van der Waals surface area contributed by atoms with Crippen LogP contribution in [0.1, 0.15) is 55.1 Å². The summed E-state index contributed by atoms with van der Waals surface area (Å²) in [7, 11) is 2.02. The Balaban J connectivity index is 1.77. The molecule has 90 valence electrons. The van der Waals surface area contributed by atoms with E-state index in [2.05, 4.69) is 10.7 Å². The third-order valence-corrected chi connectivity index (χ3v) is 4.34. The number of hydrogen-bond donors (Lipinski definition) is 1. The molecule has 1 aromatic rings. The maximum absolute atomic E-state index is 4.79. The molecule has 0 amide bonds. The molecule has 1 aromatic heterocycles. The molecule has 0 aromatic carbocycles. The van der Waals surface area contributed by atoms with Crippen molar-refractivity contribution in [1.82, 2.24) is 10.3 Å². The number of unbranched alkanes of at least 4 members (excludes halogenated alkanes) is 1. The van der Waals surface area contributed by atoms with E-state index in [4.69, 9.17) is 4.98 Å². The first kappa shape index (κ1) is 12.1. The minimum atomic E-state index is 0.780. The molecule has 1 fully saturated rings. The van der Waals surface area contributed by atoms with Crippen LogP contribution < -0.4 is 5.32 Å². The fraction of sp³-hybridized carbons (Fsp3) is 0.769. The molecule has 0 spiro atoms. The number of nitrogens with zero attached hydrogens (tertiary/aromatic N) is 1. The SMILES string of the molecule is CNCCCCc1nc(C2CCCC2)cs1. The average Bonchev–Trinajstić information content (AvgIpc) is 2.94. The van der Waals surface area contributed by atoms with Crippen molar-refractivity contribution in [3.8, 4) is 0 Å². The molecule has 0 radical (unpaired) electrons. The average molecular weight is 238 g/mol. The fourth-order valence-corrected chi connectivity index (χ4v) is 3.35. The lowest BCUT2D eigenvalue weighted by Crippen LogP contribution is -2.07. The summed E-state index contributed by atoms with van der Waals surface area (Å²) in [6.45, 7) is 1.13. The van der Waals surface area contributed by atoms with E-state index in [1.54, 1.807) is 0 Å². The van der Waals surface area contributed by atoms with E-state index in [9.17, 15) is 0 Å². The van der Waals surface area contributed by atoms with Crippen molar-refractivity contribution < 1.29 is 0 Å². The summed E-state index contributed by atoms with van der Waals surface area (Å²) in [5.41, 5.74) is 1.38. The minimum Gasteiger partial charge on any atom is -0.320 e. The van der Waals surface area contributed by atoms with Gasteiger partial charge < -0.3 is 5.32 Å². The lowest BCUT2D eigenvalue weighted by atomic mass is 10.1. The molecule has 2 rings (SSSR count). The monoisotopic (exact) mass is 238 g/mol. The highest BCUT2D eigenvalue weighted by atomic mass is 32.1. The summed E-state index contributed by atoms with van der Waals surface area (Å²) in [6, 6.07) is 0. The number of rotatable bonds is 6. The van der Waals surface area contributed by atoms with E-state index in [1.807, 2.05) is 18.4 Å². The summed E-state index contributed by atoms with van der Waals surface area (Å²) in [5, 5.41) is 6.83. The van der Waals surface area contributed by atoms with Crippen LogP contribution in [0.3, 0.4) is 0 Å². The Bertz CT molecular complexity index is 303. The predicted octanol–water partition coefficient (Wildman–Crippen LogP) is 3.34. The molecule has 3 heteroatoms. The number of aryl methyl sites for hydroxylation is 1. The second-order valence-electron chi connectivity index (χ2n) is 4.71. The highest BCUT2D eigenvalue weighted by Gasteiger charge is 2.19. The van der Waals surface area contributed by atoms with Crippen LogP contribution in [0.4, 0.5) is 0 Å². The van der Waals surface area contributed by atoms with E-state index in [0.29, 0.717) is 0 Å². The van der Waals surface area contributed by atoms with Gasteiger partial charge in [0.05, 0.1) is 10.7 Å². The van der Waals surface area contributed by atoms with Crippen LogP contribution in [0.5, 0.6) is 0 Å². The Kier molecular flexibility index (Phi) is 4.79. The lowest BCUT2D eigenvalue weighted by Gasteiger charge is -2.03. The van der Waals surface area contributed by atoms with Gasteiger partial charge in [-0.05, 0) is 45.7 Å². The van der Waals surface area contributed by atoms with Gasteiger partial charge in [0.2, 0.25) is 0 Å². The molecule has 1 N–H and O–H groups in total. The Labute approximate surface area is 102 Å². The zero-order valence-electron chi connectivity index (χ0n) is 10.2. The first-order valence-corrected chi connectivity index (χ1v) is 7.37. The Morgan fingerprint density at radius 3 is 2.94 bits per heavy atom. The molecule has 0 aliphatic heterocycles. The molecule has 0 saturated heterocycles. The van der Waals surface area contributed by atoms with Crippen LogP contribution in [-0.4, -0.2) is 18.6 Å². The Hall–Kier alpha value is -0.410. The summed E-state index contributed by atoms with van der Waals surface area (Å²) < 4.78 is 0. The molecule has 0 atom stereocenters. The highest BCUT2D eigenvalue weighted by Crippen LogP contribution is 2.34. The van der Waals surface area contributed by atoms with Crippen molar-refractivity contribution in [2.75, 3.05) is 13.6 Å². The third kappa shape index (κ3) is 3.29. The summed E-state index contributed by atoms with van der Waals surface area (Å²) >= 11 is 1.86. The zero-order chi connectivity index (χ0) is 11.2. The van der Waals surface area contributed by atoms with Crippen molar-refractivity contribution in [1.29, 1.82) is 0 Å². The smallest absolute Gasteiger partial charge is 0.0928 e. The van der Waals surface area contributed by atoms with E-state index in [1.165, 1.54) is 55.6 Å². The van der Waals surface area contributed by atoms with Gasteiger partial charge >= 0.3 is 0 Å². The Morgan fingerprint density at radius 1 is 1.38 bits per heavy atom. The molecule has 2 nitrogen and oxygen atoms in total. The minimum absolute atomic E-state index is 0.780. The van der Waals surface area contributed by atoms with Gasteiger partial charge in [-0.2, -0.15) is 0 Å². The van der Waals surface area contributed by atoms with Gasteiger partial charge in [-0.1, -0.05) is 12.8 Å². The molecule has 0 unspecified atom stereocenters. The van der Waals surface area contributed by atoms with Gasteiger partial charge in [-0.25, -0.2) is 4.98 Å². The second kappa shape index (κ2) is 6.36. The number of hydrogen-bond acceptors (Lipinski definition) is 3. The second-order valence-corrected chi connectivity index (χ2v) is 5.65. The standard InChI is InChI=1S/C13H22N2S/c1-14-9-5-4-8-13-15-12(10-16-13)11-6-2-3-7-11/h10-11,14H,2-9H2,1H3. The maximum atomic E-state index is 4.79. The molecule has 0 bridgehead atoms. The summed E-state index contributed by atoms with van der Waals surface area (Å²) in [6.07, 6.45) is 9.22. The molecule has 1 saturated carbocycles. The zero-order valence-corrected chi connectivity index (χ0v) is 11.0. The molecule has 16 heavy (non-hydrogen) atoms. The van der Waals surface area contributed by atoms with Gasteiger partial charge in [-0.15, -0.1) is 11.3 Å². The first-order chi connectivity index (χ1) is 7.90. The quantitative estimate of drug-likeness (QED) is 0.769. The number of aromatic nitrogens is 1. The van der Waals surface area contributed by atoms with Gasteiger partial charge in [0.25, 0.3) is 0 Å². The molecule has 1 heterocycles. The largest absolute Gasteiger partial charge is 0.320 e. The van der Waals surface area contributed by atoms with E-state index < -0.39 is 0 Å². The van der Waals surface area contributed by atoms with Crippen molar-refractivity contribution >= 4 is 11.3 Å². The van der Waals surface area contributed by atoms with Crippen molar-refractivity contribution in [2.24, 2.45) is 0 Å². The highest BCUT2D eigenvalue weighted by molar-refractivity contribution is 7.09. The van der Waals surface area contributed by atoms with Gasteiger partial charge in [-0.3, -0.25) is 0 Å². The van der Waals surface area contributed by atoms with Crippen LogP contribution in [0.2, 0.25) is 0 Å². The number of nitrogens with one attached hydrogen (secondary N) is 1. The van der Waals surface area contributed by atoms with Gasteiger partial charge in [0.15, 0.2) is 0 Å². The van der Waals surface area contributed by atoms with Gasteiger partial charge in [0.1, 0.15) is 0 Å². The van der Waals surface area contributed by atoms with Crippen LogP contribution in [-0.2, 0) is 6.42 Å². The van der Waals surface area contributed by atoms with Crippen LogP contribution in [0, 0.1) is 0 Å². The fourth-order valence-electron chi connectivity index (χ4n) is 2.43. The first-order valence-electron chi connectivity index (χ1n) is 6.49. The lowest BCUT2D eigenvalue weighted by molar-refractivity contribution is 0.667. The van der Waals surface area contributed by atoms with Crippen molar-refractivity contribution in [2.45, 2.75) is 50.9 Å². The molecular weight excluding hydrogens is 216 g/mol. The van der Waals surface area contributed by atoms with Gasteiger partial charge in [0, 0.05) is 11.3 Å². The van der Waals surface area contributed by atoms with Crippen molar-refractivity contribution in [3.05, 3.63) is 16.1 Å². The van der Waals surface area contributed by atoms with E-state index >= 15 is 0 Å². The third-order valence-electron chi connectivity index (χ3n) is 3.41. The maximum Gasteiger partial charge on any atom is 0.0928 e. The normalized spacial score (nSPS) is 17.1. The topological polar surface area (TPSA) is 24.9 Å². The summed E-state index contributed by atoms with van der Waals surface area (Å²) in [5.74, 6) is 0.780. The molecular formula is C13H22N2S. The van der Waals surface area contributed by atoms with E-state index in [-0.39, 0.29) is 0 Å². The Morgan fingerprint density at radius 2 is 2.19 bits per heavy atom. The van der Waals surface area contributed by atoms with Crippen molar-refractivity contribution in [3.63, 3.8) is 0 Å². The van der Waals surface area contributed by atoms with Crippen LogP contribution in [0.15, 0.2) is 5.38 Å². The van der Waals surface area contributed by atoms with Crippen LogP contribution >= 0.6 is 11.3 Å². The number of thiazole rings is 1. The summed E-state index contributed by atoms with van der Waals surface area (Å²) in [4.78, 5) is 4.79. The molecule has 1 aliphatic carbocycles. The van der Waals surface area contributed by atoms with Crippen LogP contribution in [0.25, 0.3) is 0 Å². The van der Waals surface area contributed by atoms with E-state index in [0.717, 1.165) is 12.5 Å².